The zero-order valence-electron chi connectivity index (χ0n) is 14.6. The molecule has 0 N–H and O–H groups in total. The molecule has 0 aliphatic carbocycles. The van der Waals surface area contributed by atoms with E-state index in [1.54, 1.807) is 26.0 Å². The Kier molecular flexibility index (Phi) is 5.29. The van der Waals surface area contributed by atoms with E-state index in [2.05, 4.69) is 26.5 Å². The van der Waals surface area contributed by atoms with E-state index in [0.29, 0.717) is 34.0 Å². The Morgan fingerprint density at radius 2 is 1.86 bits per heavy atom. The number of aromatic nitrogens is 3. The first-order chi connectivity index (χ1) is 13.1. The Morgan fingerprint density at radius 1 is 1.11 bits per heavy atom. The second kappa shape index (κ2) is 7.52. The molecule has 3 rings (SSSR count). The van der Waals surface area contributed by atoms with Gasteiger partial charge in [-0.2, -0.15) is 0 Å². The Labute approximate surface area is 162 Å². The summed E-state index contributed by atoms with van der Waals surface area (Å²) in [4.78, 5) is 8.17. The van der Waals surface area contributed by atoms with Gasteiger partial charge in [-0.15, -0.1) is 13.2 Å². The molecule has 1 aromatic carbocycles. The molecule has 0 amide bonds. The van der Waals surface area contributed by atoms with Crippen LogP contribution in [0.4, 0.5) is 17.6 Å². The monoisotopic (exact) mass is 409 g/mol. The Morgan fingerprint density at radius 3 is 2.50 bits per heavy atom. The summed E-state index contributed by atoms with van der Waals surface area (Å²) >= 11 is 5.82. The largest absolute Gasteiger partial charge is 0.573 e. The first-order valence-corrected chi connectivity index (χ1v) is 8.27. The molecule has 0 aliphatic heterocycles. The third-order valence-electron chi connectivity index (χ3n) is 3.72. The standard InChI is InChI=1S/C19H12ClF4N3O/c1-11-16(5-3-13-7-8-25-18(20)9-13)26-12(2)27(11)17-6-4-14(10-15(17)21)28-19(22,23)24/h4,6-10H,1-2H3. The molecular weight excluding hydrogens is 398 g/mol. The Hall–Kier alpha value is -3.05. The van der Waals surface area contributed by atoms with Crippen LogP contribution in [0.15, 0.2) is 36.5 Å². The van der Waals surface area contributed by atoms with Gasteiger partial charge in [-0.1, -0.05) is 17.5 Å². The fraction of sp³-hybridized carbons (Fsp3) is 0.158. The van der Waals surface area contributed by atoms with Crippen LogP contribution < -0.4 is 4.74 Å². The normalized spacial score (nSPS) is 11.1. The molecule has 3 aromatic rings. The Balaban J connectivity index is 1.97. The van der Waals surface area contributed by atoms with Crippen molar-refractivity contribution in [3.05, 3.63) is 70.3 Å². The molecule has 0 aliphatic rings. The van der Waals surface area contributed by atoms with E-state index < -0.39 is 17.9 Å². The van der Waals surface area contributed by atoms with E-state index in [9.17, 15) is 17.6 Å². The molecule has 144 valence electrons. The highest BCUT2D eigenvalue weighted by atomic mass is 35.5. The molecule has 0 unspecified atom stereocenters. The number of imidazole rings is 1. The van der Waals surface area contributed by atoms with Gasteiger partial charge in [0.25, 0.3) is 0 Å². The van der Waals surface area contributed by atoms with E-state index in [-0.39, 0.29) is 5.69 Å². The molecule has 9 heteroatoms. The zero-order chi connectivity index (χ0) is 20.5. The van der Waals surface area contributed by atoms with Gasteiger partial charge in [-0.05, 0) is 44.0 Å². The molecule has 0 saturated carbocycles. The maximum absolute atomic E-state index is 14.4. The molecule has 28 heavy (non-hydrogen) atoms. The second-order valence-electron chi connectivity index (χ2n) is 5.71. The van der Waals surface area contributed by atoms with Gasteiger partial charge in [0.15, 0.2) is 5.82 Å². The number of hydrogen-bond donors (Lipinski definition) is 0. The summed E-state index contributed by atoms with van der Waals surface area (Å²) in [5, 5.41) is 0.300. The van der Waals surface area contributed by atoms with Crippen molar-refractivity contribution in [3.8, 4) is 23.3 Å². The highest BCUT2D eigenvalue weighted by Crippen LogP contribution is 2.27. The number of pyridine rings is 1. The lowest BCUT2D eigenvalue weighted by molar-refractivity contribution is -0.274. The molecule has 0 bridgehead atoms. The molecule has 2 aromatic heterocycles. The van der Waals surface area contributed by atoms with Crippen molar-refractivity contribution in [2.24, 2.45) is 0 Å². The average Bonchev–Trinajstić information content (AvgIpc) is 2.86. The summed E-state index contributed by atoms with van der Waals surface area (Å²) in [5.74, 6) is 4.69. The van der Waals surface area contributed by atoms with Gasteiger partial charge in [0, 0.05) is 17.8 Å². The van der Waals surface area contributed by atoms with E-state index >= 15 is 0 Å². The van der Waals surface area contributed by atoms with Crippen LogP contribution in [0.3, 0.4) is 0 Å². The van der Waals surface area contributed by atoms with Crippen molar-refractivity contribution < 1.29 is 22.3 Å². The van der Waals surface area contributed by atoms with Gasteiger partial charge in [-0.3, -0.25) is 4.57 Å². The van der Waals surface area contributed by atoms with Gasteiger partial charge in [-0.25, -0.2) is 14.4 Å². The number of hydrogen-bond acceptors (Lipinski definition) is 3. The number of rotatable bonds is 2. The number of alkyl halides is 3. The lowest BCUT2D eigenvalue weighted by Gasteiger charge is -2.12. The molecule has 0 saturated heterocycles. The number of benzene rings is 1. The molecule has 0 spiro atoms. The van der Waals surface area contributed by atoms with Gasteiger partial charge in [0.05, 0.1) is 11.4 Å². The second-order valence-corrected chi connectivity index (χ2v) is 6.09. The third-order valence-corrected chi connectivity index (χ3v) is 3.93. The van der Waals surface area contributed by atoms with Crippen LogP contribution in [0.2, 0.25) is 5.15 Å². The SMILES string of the molecule is Cc1nc(C#Cc2ccnc(Cl)c2)c(C)n1-c1ccc(OC(F)(F)F)cc1F. The minimum Gasteiger partial charge on any atom is -0.406 e. The first-order valence-electron chi connectivity index (χ1n) is 7.89. The minimum absolute atomic E-state index is 0.0389. The molecular formula is C19H12ClF4N3O. The predicted molar refractivity (Wildman–Crippen MR) is 94.9 cm³/mol. The van der Waals surface area contributed by atoms with Crippen molar-refractivity contribution in [2.75, 3.05) is 0 Å². The van der Waals surface area contributed by atoms with Gasteiger partial charge < -0.3 is 4.74 Å². The molecule has 2 heterocycles. The van der Waals surface area contributed by atoms with E-state index in [4.69, 9.17) is 11.6 Å². The molecule has 0 fully saturated rings. The summed E-state index contributed by atoms with van der Waals surface area (Å²) in [6.45, 7) is 3.32. The van der Waals surface area contributed by atoms with Crippen LogP contribution >= 0.6 is 11.6 Å². The van der Waals surface area contributed by atoms with Crippen LogP contribution in [-0.2, 0) is 0 Å². The first kappa shape index (κ1) is 19.7. The predicted octanol–water partition coefficient (Wildman–Crippen LogP) is 4.98. The number of nitrogens with zero attached hydrogens (tertiary/aromatic N) is 3. The van der Waals surface area contributed by atoms with Crippen LogP contribution in [0, 0.1) is 31.5 Å². The number of halogens is 5. The minimum atomic E-state index is -4.90. The van der Waals surface area contributed by atoms with E-state index in [1.807, 2.05) is 0 Å². The lowest BCUT2D eigenvalue weighted by Crippen LogP contribution is -2.17. The van der Waals surface area contributed by atoms with Crippen LogP contribution in [0.1, 0.15) is 22.8 Å². The molecule has 0 radical (unpaired) electrons. The molecule has 4 nitrogen and oxygen atoms in total. The third kappa shape index (κ3) is 4.43. The zero-order valence-corrected chi connectivity index (χ0v) is 15.4. The van der Waals surface area contributed by atoms with Crippen molar-refractivity contribution in [1.29, 1.82) is 0 Å². The fourth-order valence-corrected chi connectivity index (χ4v) is 2.77. The highest BCUT2D eigenvalue weighted by molar-refractivity contribution is 6.29. The van der Waals surface area contributed by atoms with E-state index in [1.165, 1.54) is 16.8 Å². The topological polar surface area (TPSA) is 39.9 Å². The van der Waals surface area contributed by atoms with Gasteiger partial charge >= 0.3 is 6.36 Å². The maximum atomic E-state index is 14.4. The van der Waals surface area contributed by atoms with Crippen LogP contribution in [0.5, 0.6) is 5.75 Å². The quantitative estimate of drug-likeness (QED) is 0.340. The average molecular weight is 410 g/mol. The fourth-order valence-electron chi connectivity index (χ4n) is 2.59. The highest BCUT2D eigenvalue weighted by Gasteiger charge is 2.31. The lowest BCUT2D eigenvalue weighted by atomic mass is 10.2. The van der Waals surface area contributed by atoms with Crippen molar-refractivity contribution in [1.82, 2.24) is 14.5 Å². The smallest absolute Gasteiger partial charge is 0.406 e. The molecule has 0 atom stereocenters. The summed E-state index contributed by atoms with van der Waals surface area (Å²) in [6.07, 6.45) is -3.38. The summed E-state index contributed by atoms with van der Waals surface area (Å²) < 4.78 is 56.5. The van der Waals surface area contributed by atoms with Crippen molar-refractivity contribution >= 4 is 11.6 Å². The van der Waals surface area contributed by atoms with Gasteiger partial charge in [0.1, 0.15) is 22.4 Å². The van der Waals surface area contributed by atoms with Gasteiger partial charge in [0.2, 0.25) is 0 Å². The van der Waals surface area contributed by atoms with Crippen molar-refractivity contribution in [3.63, 3.8) is 0 Å². The summed E-state index contributed by atoms with van der Waals surface area (Å²) in [5.41, 5.74) is 1.61. The summed E-state index contributed by atoms with van der Waals surface area (Å²) in [6, 6.07) is 6.17. The Bertz CT molecular complexity index is 1100. The maximum Gasteiger partial charge on any atom is 0.573 e. The van der Waals surface area contributed by atoms with Crippen LogP contribution in [0.25, 0.3) is 5.69 Å². The number of ether oxygens (including phenoxy) is 1. The number of aryl methyl sites for hydroxylation is 1. The van der Waals surface area contributed by atoms with E-state index in [0.717, 1.165) is 6.07 Å². The summed E-state index contributed by atoms with van der Waals surface area (Å²) in [7, 11) is 0. The van der Waals surface area contributed by atoms with Crippen LogP contribution in [-0.4, -0.2) is 20.9 Å². The van der Waals surface area contributed by atoms with Crippen molar-refractivity contribution in [2.45, 2.75) is 20.2 Å².